The van der Waals surface area contributed by atoms with Gasteiger partial charge in [0.1, 0.15) is 11.6 Å². The summed E-state index contributed by atoms with van der Waals surface area (Å²) in [6.07, 6.45) is 2.43. The van der Waals surface area contributed by atoms with Crippen molar-refractivity contribution < 1.29 is 9.13 Å². The number of hydrogen-bond donors (Lipinski definition) is 1. The van der Waals surface area contributed by atoms with Crippen molar-refractivity contribution in [2.75, 3.05) is 31.1 Å². The van der Waals surface area contributed by atoms with Crippen LogP contribution < -0.4 is 15.0 Å². The Bertz CT molecular complexity index is 757. The number of nitrogens with zero attached hydrogens (tertiary/aromatic N) is 2. The van der Waals surface area contributed by atoms with E-state index in [0.717, 1.165) is 50.5 Å². The summed E-state index contributed by atoms with van der Waals surface area (Å²) in [5, 5.41) is 12.1. The van der Waals surface area contributed by atoms with Gasteiger partial charge in [0, 0.05) is 38.3 Å². The summed E-state index contributed by atoms with van der Waals surface area (Å²) in [5.41, 5.74) is 2.29. The lowest BCUT2D eigenvalue weighted by molar-refractivity contribution is 0.312. The van der Waals surface area contributed by atoms with Gasteiger partial charge in [-0.1, -0.05) is 12.1 Å². The van der Waals surface area contributed by atoms with Crippen molar-refractivity contribution in [2.45, 2.75) is 25.8 Å². The Kier molecular flexibility index (Phi) is 7.06. The Morgan fingerprint density at radius 2 is 2.07 bits per heavy atom. The fraction of sp³-hybridized carbons (Fsp3) is 0.409. The summed E-state index contributed by atoms with van der Waals surface area (Å²) < 4.78 is 18.7. The molecule has 3 rings (SSSR count). The van der Waals surface area contributed by atoms with E-state index in [1.54, 1.807) is 0 Å². The van der Waals surface area contributed by atoms with E-state index in [4.69, 9.17) is 10.00 Å². The zero-order chi connectivity index (χ0) is 18.9. The second kappa shape index (κ2) is 9.94. The van der Waals surface area contributed by atoms with Crippen molar-refractivity contribution in [1.29, 1.82) is 5.26 Å². The molecule has 0 radical (unpaired) electrons. The molecule has 1 unspecified atom stereocenters. The van der Waals surface area contributed by atoms with Crippen LogP contribution in [0.1, 0.15) is 24.8 Å². The van der Waals surface area contributed by atoms with Gasteiger partial charge in [0.05, 0.1) is 12.7 Å². The van der Waals surface area contributed by atoms with Crippen LogP contribution in [0.2, 0.25) is 0 Å². The second-order valence-electron chi connectivity index (χ2n) is 6.97. The lowest BCUT2D eigenvalue weighted by Gasteiger charge is -2.19. The van der Waals surface area contributed by atoms with Gasteiger partial charge in [-0.3, -0.25) is 0 Å². The van der Waals surface area contributed by atoms with Gasteiger partial charge in [-0.05, 0) is 60.7 Å². The van der Waals surface area contributed by atoms with E-state index >= 15 is 0 Å². The number of nitriles is 1. The number of hydrogen-bond acceptors (Lipinski definition) is 4. The van der Waals surface area contributed by atoms with Gasteiger partial charge in [0.15, 0.2) is 0 Å². The zero-order valence-electron chi connectivity index (χ0n) is 15.5. The molecule has 2 aromatic carbocycles. The van der Waals surface area contributed by atoms with E-state index < -0.39 is 0 Å². The molecular formula is C22H26FN3O. The monoisotopic (exact) mass is 367 g/mol. The van der Waals surface area contributed by atoms with Crippen molar-refractivity contribution in [3.63, 3.8) is 0 Å². The fourth-order valence-corrected chi connectivity index (χ4v) is 3.39. The van der Waals surface area contributed by atoms with E-state index in [-0.39, 0.29) is 5.82 Å². The van der Waals surface area contributed by atoms with Crippen molar-refractivity contribution >= 4 is 5.69 Å². The molecule has 142 valence electrons. The molecule has 0 bridgehead atoms. The summed E-state index contributed by atoms with van der Waals surface area (Å²) in [6, 6.07) is 17.0. The normalized spacial score (nSPS) is 16.3. The van der Waals surface area contributed by atoms with Crippen LogP contribution in [0, 0.1) is 23.1 Å². The third-order valence-electron chi connectivity index (χ3n) is 4.84. The first-order chi connectivity index (χ1) is 13.2. The minimum atomic E-state index is -0.188. The largest absolute Gasteiger partial charge is 0.494 e. The molecule has 1 aliphatic rings. The topological polar surface area (TPSA) is 48.3 Å². The number of unbranched alkanes of at least 4 members (excludes halogenated alkanes) is 1. The Hall–Kier alpha value is -2.58. The summed E-state index contributed by atoms with van der Waals surface area (Å²) >= 11 is 0. The van der Waals surface area contributed by atoms with Crippen LogP contribution in [0.15, 0.2) is 48.5 Å². The number of benzene rings is 2. The maximum Gasteiger partial charge on any atom is 0.123 e. The SMILES string of the molecule is N#CCCCOc1cccc(CNCC2CCN(c3ccc(F)cc3)C2)c1. The van der Waals surface area contributed by atoms with Crippen LogP contribution in [0.5, 0.6) is 5.75 Å². The van der Waals surface area contributed by atoms with E-state index in [0.29, 0.717) is 18.9 Å². The molecule has 0 aliphatic carbocycles. The van der Waals surface area contributed by atoms with Crippen LogP contribution in [0.25, 0.3) is 0 Å². The number of anilines is 1. The van der Waals surface area contributed by atoms with Crippen molar-refractivity contribution in [1.82, 2.24) is 5.32 Å². The summed E-state index contributed by atoms with van der Waals surface area (Å²) in [7, 11) is 0. The van der Waals surface area contributed by atoms with E-state index in [2.05, 4.69) is 28.4 Å². The first kappa shape index (κ1) is 19.2. The molecule has 0 aromatic heterocycles. The standard InChI is InChI=1S/C22H26FN3O/c23-20-6-8-21(9-7-20)26-12-10-19(17-26)16-25-15-18-4-3-5-22(14-18)27-13-2-1-11-24/h3-9,14,19,25H,1-2,10,12-13,15-17H2. The summed E-state index contributed by atoms with van der Waals surface area (Å²) in [4.78, 5) is 2.32. The van der Waals surface area contributed by atoms with Gasteiger partial charge >= 0.3 is 0 Å². The molecule has 4 nitrogen and oxygen atoms in total. The van der Waals surface area contributed by atoms with Crippen LogP contribution >= 0.6 is 0 Å². The van der Waals surface area contributed by atoms with Gasteiger partial charge < -0.3 is 15.0 Å². The summed E-state index contributed by atoms with van der Waals surface area (Å²) in [6.45, 7) is 4.36. The minimum absolute atomic E-state index is 0.188. The third kappa shape index (κ3) is 5.97. The molecule has 0 amide bonds. The number of halogens is 1. The maximum absolute atomic E-state index is 13.1. The van der Waals surface area contributed by atoms with Crippen LogP contribution in [-0.4, -0.2) is 26.2 Å². The predicted molar refractivity (Wildman–Crippen MR) is 105 cm³/mol. The Morgan fingerprint density at radius 3 is 2.89 bits per heavy atom. The molecule has 0 saturated carbocycles. The predicted octanol–water partition coefficient (Wildman–Crippen LogP) is 4.12. The number of nitrogens with one attached hydrogen (secondary N) is 1. The Balaban J connectivity index is 1.40. The minimum Gasteiger partial charge on any atom is -0.494 e. The summed E-state index contributed by atoms with van der Waals surface area (Å²) in [5.74, 6) is 1.27. The van der Waals surface area contributed by atoms with E-state index in [9.17, 15) is 4.39 Å². The molecule has 1 aliphatic heterocycles. The zero-order valence-corrected chi connectivity index (χ0v) is 15.5. The van der Waals surface area contributed by atoms with E-state index in [1.807, 2.05) is 24.3 Å². The molecule has 5 heteroatoms. The van der Waals surface area contributed by atoms with Crippen molar-refractivity contribution in [2.24, 2.45) is 5.92 Å². The Labute approximate surface area is 160 Å². The van der Waals surface area contributed by atoms with Crippen LogP contribution in [-0.2, 0) is 6.54 Å². The van der Waals surface area contributed by atoms with Gasteiger partial charge in [-0.2, -0.15) is 5.26 Å². The molecule has 0 spiro atoms. The molecule has 1 fully saturated rings. The third-order valence-corrected chi connectivity index (χ3v) is 4.84. The van der Waals surface area contributed by atoms with Crippen molar-refractivity contribution in [3.05, 3.63) is 59.9 Å². The van der Waals surface area contributed by atoms with Gasteiger partial charge in [-0.25, -0.2) is 4.39 Å². The first-order valence-corrected chi connectivity index (χ1v) is 9.54. The molecule has 2 aromatic rings. The Morgan fingerprint density at radius 1 is 1.22 bits per heavy atom. The van der Waals surface area contributed by atoms with Crippen LogP contribution in [0.3, 0.4) is 0 Å². The van der Waals surface area contributed by atoms with E-state index in [1.165, 1.54) is 17.7 Å². The van der Waals surface area contributed by atoms with Crippen molar-refractivity contribution in [3.8, 4) is 11.8 Å². The highest BCUT2D eigenvalue weighted by atomic mass is 19.1. The lowest BCUT2D eigenvalue weighted by Crippen LogP contribution is -2.26. The van der Waals surface area contributed by atoms with Gasteiger partial charge in [-0.15, -0.1) is 0 Å². The van der Waals surface area contributed by atoms with Gasteiger partial charge in [0.25, 0.3) is 0 Å². The number of ether oxygens (including phenoxy) is 1. The maximum atomic E-state index is 13.1. The highest BCUT2D eigenvalue weighted by molar-refractivity contribution is 5.47. The molecule has 27 heavy (non-hydrogen) atoms. The number of rotatable bonds is 9. The molecule has 1 saturated heterocycles. The molecule has 1 N–H and O–H groups in total. The highest BCUT2D eigenvalue weighted by Crippen LogP contribution is 2.23. The fourth-order valence-electron chi connectivity index (χ4n) is 3.39. The molecule has 1 atom stereocenters. The first-order valence-electron chi connectivity index (χ1n) is 9.54. The lowest BCUT2D eigenvalue weighted by atomic mass is 10.1. The quantitative estimate of drug-likeness (QED) is 0.677. The average Bonchev–Trinajstić information content (AvgIpc) is 3.15. The highest BCUT2D eigenvalue weighted by Gasteiger charge is 2.22. The molecular weight excluding hydrogens is 341 g/mol. The van der Waals surface area contributed by atoms with Gasteiger partial charge in [0.2, 0.25) is 0 Å². The molecule has 1 heterocycles. The van der Waals surface area contributed by atoms with Crippen LogP contribution in [0.4, 0.5) is 10.1 Å². The average molecular weight is 367 g/mol. The second-order valence-corrected chi connectivity index (χ2v) is 6.97. The smallest absolute Gasteiger partial charge is 0.123 e.